The highest BCUT2D eigenvalue weighted by molar-refractivity contribution is 9.10. The zero-order chi connectivity index (χ0) is 14.5. The van der Waals surface area contributed by atoms with E-state index >= 15 is 0 Å². The molecule has 0 aromatic heterocycles. The van der Waals surface area contributed by atoms with Crippen molar-refractivity contribution in [2.75, 3.05) is 24.6 Å². The number of rotatable bonds is 3. The van der Waals surface area contributed by atoms with Crippen molar-refractivity contribution >= 4 is 33.7 Å². The molecule has 0 saturated carbocycles. The fraction of sp³-hybridized carbons (Fsp3) is 0.286. The molecule has 2 rings (SSSR count). The Morgan fingerprint density at radius 1 is 1.60 bits per heavy atom. The number of hydrogen-bond acceptors (Lipinski definition) is 4. The summed E-state index contributed by atoms with van der Waals surface area (Å²) in [6.45, 7) is 1.64. The minimum absolute atomic E-state index is 0.455. The van der Waals surface area contributed by atoms with Crippen molar-refractivity contribution in [2.45, 2.75) is 6.10 Å². The molecular formula is C14H13BrN2O3. The lowest BCUT2D eigenvalue weighted by Gasteiger charge is -2.32. The third-order valence-corrected chi connectivity index (χ3v) is 3.44. The zero-order valence-electron chi connectivity index (χ0n) is 10.6. The average Bonchev–Trinajstić information content (AvgIpc) is 2.45. The third-order valence-electron chi connectivity index (χ3n) is 2.95. The van der Waals surface area contributed by atoms with Crippen molar-refractivity contribution in [1.82, 2.24) is 0 Å². The van der Waals surface area contributed by atoms with E-state index in [0.717, 1.165) is 21.8 Å². The van der Waals surface area contributed by atoms with Gasteiger partial charge >= 0.3 is 5.97 Å². The maximum atomic E-state index is 10.7. The summed E-state index contributed by atoms with van der Waals surface area (Å²) in [5, 5.41) is 17.7. The monoisotopic (exact) mass is 336 g/mol. The Morgan fingerprint density at radius 3 is 3.10 bits per heavy atom. The quantitative estimate of drug-likeness (QED) is 0.857. The summed E-state index contributed by atoms with van der Waals surface area (Å²) in [7, 11) is 0. The highest BCUT2D eigenvalue weighted by Gasteiger charge is 2.21. The van der Waals surface area contributed by atoms with Crippen LogP contribution in [0.2, 0.25) is 0 Å². The Hall–Kier alpha value is -1.84. The van der Waals surface area contributed by atoms with Gasteiger partial charge in [-0.3, -0.25) is 0 Å². The van der Waals surface area contributed by atoms with Gasteiger partial charge in [-0.1, -0.05) is 15.9 Å². The Morgan fingerprint density at radius 2 is 2.40 bits per heavy atom. The second-order valence-electron chi connectivity index (χ2n) is 4.31. The van der Waals surface area contributed by atoms with Gasteiger partial charge < -0.3 is 14.7 Å². The smallest absolute Gasteiger partial charge is 0.328 e. The van der Waals surface area contributed by atoms with E-state index in [9.17, 15) is 4.79 Å². The van der Waals surface area contributed by atoms with Crippen LogP contribution in [-0.4, -0.2) is 36.9 Å². The first-order valence-corrected chi connectivity index (χ1v) is 6.86. The van der Waals surface area contributed by atoms with E-state index in [-0.39, 0.29) is 0 Å². The van der Waals surface area contributed by atoms with E-state index < -0.39 is 12.1 Å². The number of nitrogens with zero attached hydrogens (tertiary/aromatic N) is 2. The summed E-state index contributed by atoms with van der Waals surface area (Å²) in [4.78, 5) is 12.7. The molecule has 6 heteroatoms. The van der Waals surface area contributed by atoms with Gasteiger partial charge in [0.2, 0.25) is 0 Å². The van der Waals surface area contributed by atoms with Gasteiger partial charge in [-0.25, -0.2) is 4.79 Å². The molecule has 0 radical (unpaired) electrons. The normalized spacial score (nSPS) is 19.0. The second-order valence-corrected chi connectivity index (χ2v) is 5.22. The predicted octanol–water partition coefficient (Wildman–Crippen LogP) is 2.28. The first-order valence-electron chi connectivity index (χ1n) is 6.07. The van der Waals surface area contributed by atoms with Crippen LogP contribution >= 0.6 is 15.9 Å². The standard InChI is InChI=1S/C14H13BrN2O3/c15-11-2-3-13(10(7-11)1-4-14(18)19)17-5-6-20-12(8-16)9-17/h1-4,7,12H,5-6,9H2,(H,18,19)/b4-1+. The summed E-state index contributed by atoms with van der Waals surface area (Å²) in [6.07, 6.45) is 2.20. The molecule has 0 bridgehead atoms. The number of carbonyl (C=O) groups is 1. The van der Waals surface area contributed by atoms with Gasteiger partial charge in [0.1, 0.15) is 0 Å². The van der Waals surface area contributed by atoms with Crippen molar-refractivity contribution in [3.05, 3.63) is 34.3 Å². The number of morpholine rings is 1. The fourth-order valence-corrected chi connectivity index (χ4v) is 2.43. The molecule has 0 spiro atoms. The third kappa shape index (κ3) is 3.59. The fourth-order valence-electron chi connectivity index (χ4n) is 2.05. The first kappa shape index (κ1) is 14.6. The summed E-state index contributed by atoms with van der Waals surface area (Å²) in [6, 6.07) is 7.75. The van der Waals surface area contributed by atoms with Crippen LogP contribution in [0, 0.1) is 11.3 Å². The molecule has 104 valence electrons. The van der Waals surface area contributed by atoms with Crippen LogP contribution in [0.5, 0.6) is 0 Å². The number of ether oxygens (including phenoxy) is 1. The number of aliphatic carboxylic acids is 1. The SMILES string of the molecule is N#CC1CN(c2ccc(Br)cc2/C=C/C(=O)O)CCO1. The Balaban J connectivity index is 2.31. The van der Waals surface area contributed by atoms with Gasteiger partial charge in [-0.05, 0) is 29.8 Å². The molecule has 20 heavy (non-hydrogen) atoms. The maximum Gasteiger partial charge on any atom is 0.328 e. The highest BCUT2D eigenvalue weighted by atomic mass is 79.9. The van der Waals surface area contributed by atoms with Crippen LogP contribution in [0.1, 0.15) is 5.56 Å². The summed E-state index contributed by atoms with van der Waals surface area (Å²) in [5.74, 6) is -0.993. The minimum Gasteiger partial charge on any atom is -0.478 e. The molecule has 1 aliphatic heterocycles. The molecule has 1 aromatic carbocycles. The van der Waals surface area contributed by atoms with Gasteiger partial charge in [0, 0.05) is 22.8 Å². The number of nitriles is 1. The lowest BCUT2D eigenvalue weighted by Crippen LogP contribution is -2.42. The van der Waals surface area contributed by atoms with Crippen LogP contribution in [0.4, 0.5) is 5.69 Å². The van der Waals surface area contributed by atoms with E-state index in [0.29, 0.717) is 19.7 Å². The highest BCUT2D eigenvalue weighted by Crippen LogP contribution is 2.27. The number of anilines is 1. The Labute approximate surface area is 125 Å². The van der Waals surface area contributed by atoms with Crippen molar-refractivity contribution in [2.24, 2.45) is 0 Å². The van der Waals surface area contributed by atoms with Crippen molar-refractivity contribution in [3.63, 3.8) is 0 Å². The number of carboxylic acid groups (broad SMARTS) is 1. The summed E-state index contributed by atoms with van der Waals surface area (Å²) < 4.78 is 6.19. The maximum absolute atomic E-state index is 10.7. The van der Waals surface area contributed by atoms with Crippen LogP contribution in [0.3, 0.4) is 0 Å². The lowest BCUT2D eigenvalue weighted by atomic mass is 10.1. The van der Waals surface area contributed by atoms with Gasteiger partial charge in [0.05, 0.1) is 19.2 Å². The van der Waals surface area contributed by atoms with E-state index in [1.54, 1.807) is 6.08 Å². The van der Waals surface area contributed by atoms with Crippen LogP contribution in [-0.2, 0) is 9.53 Å². The molecule has 0 amide bonds. The summed E-state index contributed by atoms with van der Waals surface area (Å²) >= 11 is 3.38. The largest absolute Gasteiger partial charge is 0.478 e. The van der Waals surface area contributed by atoms with E-state index in [4.69, 9.17) is 15.1 Å². The molecule has 1 N–H and O–H groups in total. The molecule has 1 heterocycles. The van der Waals surface area contributed by atoms with Crippen molar-refractivity contribution in [3.8, 4) is 6.07 Å². The van der Waals surface area contributed by atoms with E-state index in [2.05, 4.69) is 22.0 Å². The molecule has 0 aliphatic carbocycles. The topological polar surface area (TPSA) is 73.6 Å². The van der Waals surface area contributed by atoms with Crippen molar-refractivity contribution < 1.29 is 14.6 Å². The molecule has 1 fully saturated rings. The number of halogens is 1. The molecule has 1 unspecified atom stereocenters. The number of benzene rings is 1. The minimum atomic E-state index is -0.993. The predicted molar refractivity (Wildman–Crippen MR) is 78.4 cm³/mol. The van der Waals surface area contributed by atoms with Crippen LogP contribution in [0.15, 0.2) is 28.7 Å². The van der Waals surface area contributed by atoms with Gasteiger partial charge in [-0.15, -0.1) is 0 Å². The molecule has 1 aromatic rings. The summed E-state index contributed by atoms with van der Waals surface area (Å²) in [5.41, 5.74) is 1.69. The molecule has 1 saturated heterocycles. The Kier molecular flexibility index (Phi) is 4.77. The lowest BCUT2D eigenvalue weighted by molar-refractivity contribution is -0.131. The Bertz CT molecular complexity index is 580. The van der Waals surface area contributed by atoms with Crippen LogP contribution in [0.25, 0.3) is 6.08 Å². The zero-order valence-corrected chi connectivity index (χ0v) is 12.2. The molecular weight excluding hydrogens is 324 g/mol. The van der Waals surface area contributed by atoms with E-state index in [1.807, 2.05) is 23.1 Å². The van der Waals surface area contributed by atoms with Gasteiger partial charge in [-0.2, -0.15) is 5.26 Å². The molecule has 5 nitrogen and oxygen atoms in total. The average molecular weight is 337 g/mol. The van der Waals surface area contributed by atoms with Crippen molar-refractivity contribution in [1.29, 1.82) is 5.26 Å². The van der Waals surface area contributed by atoms with Gasteiger partial charge in [0.15, 0.2) is 6.10 Å². The van der Waals surface area contributed by atoms with Gasteiger partial charge in [0.25, 0.3) is 0 Å². The number of hydrogen-bond donors (Lipinski definition) is 1. The van der Waals surface area contributed by atoms with E-state index in [1.165, 1.54) is 0 Å². The van der Waals surface area contributed by atoms with Crippen LogP contribution < -0.4 is 4.90 Å². The first-order chi connectivity index (χ1) is 9.60. The number of carboxylic acids is 1. The second kappa shape index (κ2) is 6.55. The molecule has 1 aliphatic rings. The molecule has 1 atom stereocenters.